The lowest BCUT2D eigenvalue weighted by Gasteiger charge is -2.31. The van der Waals surface area contributed by atoms with Crippen molar-refractivity contribution < 1.29 is 27.7 Å². The molecule has 1 saturated heterocycles. The highest BCUT2D eigenvalue weighted by atomic mass is 19.1. The molecule has 1 atom stereocenters. The number of amides is 2. The number of carbonyl (C=O) groups is 2. The van der Waals surface area contributed by atoms with E-state index in [1.807, 2.05) is 0 Å². The SMILES string of the molecule is O=C(Nc1cccc(OCC(=O)N2CCCC(c3nc(-c4cccc(F)c4)no3)C2)c1)c1ccco1. The number of nitrogens with one attached hydrogen (secondary N) is 1. The van der Waals surface area contributed by atoms with Gasteiger partial charge in [0.2, 0.25) is 11.7 Å². The van der Waals surface area contributed by atoms with Crippen LogP contribution in [0.25, 0.3) is 11.4 Å². The number of hydrogen-bond donors (Lipinski definition) is 1. The molecule has 3 heterocycles. The lowest BCUT2D eigenvalue weighted by atomic mass is 9.98. The highest BCUT2D eigenvalue weighted by Gasteiger charge is 2.29. The molecule has 36 heavy (non-hydrogen) atoms. The van der Waals surface area contributed by atoms with E-state index in [0.717, 1.165) is 12.8 Å². The van der Waals surface area contributed by atoms with Gasteiger partial charge in [-0.15, -0.1) is 0 Å². The van der Waals surface area contributed by atoms with Crippen molar-refractivity contribution in [3.63, 3.8) is 0 Å². The number of carbonyl (C=O) groups excluding carboxylic acids is 2. The van der Waals surface area contributed by atoms with Gasteiger partial charge in [0.15, 0.2) is 12.4 Å². The smallest absolute Gasteiger partial charge is 0.291 e. The van der Waals surface area contributed by atoms with Crippen LogP contribution in [0.2, 0.25) is 0 Å². The van der Waals surface area contributed by atoms with Crippen LogP contribution in [0, 0.1) is 5.82 Å². The molecule has 1 fully saturated rings. The molecule has 1 N–H and O–H groups in total. The second kappa shape index (κ2) is 10.4. The predicted octanol–water partition coefficient (Wildman–Crippen LogP) is 4.51. The fourth-order valence-corrected chi connectivity index (χ4v) is 4.05. The maximum atomic E-state index is 13.5. The van der Waals surface area contributed by atoms with Crippen LogP contribution in [0.5, 0.6) is 5.75 Å². The molecule has 0 bridgehead atoms. The molecule has 4 aromatic rings. The monoisotopic (exact) mass is 490 g/mol. The summed E-state index contributed by atoms with van der Waals surface area (Å²) >= 11 is 0. The van der Waals surface area contributed by atoms with E-state index >= 15 is 0 Å². The van der Waals surface area contributed by atoms with E-state index in [9.17, 15) is 14.0 Å². The van der Waals surface area contributed by atoms with Crippen LogP contribution in [0.1, 0.15) is 35.2 Å². The second-order valence-electron chi connectivity index (χ2n) is 8.39. The van der Waals surface area contributed by atoms with Crippen molar-refractivity contribution in [1.29, 1.82) is 0 Å². The Hall–Kier alpha value is -4.47. The van der Waals surface area contributed by atoms with Gasteiger partial charge in [-0.1, -0.05) is 23.4 Å². The average molecular weight is 490 g/mol. The van der Waals surface area contributed by atoms with Crippen LogP contribution in [-0.2, 0) is 4.79 Å². The van der Waals surface area contributed by atoms with E-state index < -0.39 is 0 Å². The van der Waals surface area contributed by atoms with Gasteiger partial charge in [0.1, 0.15) is 11.6 Å². The van der Waals surface area contributed by atoms with E-state index in [-0.39, 0.29) is 35.9 Å². The first-order valence-electron chi connectivity index (χ1n) is 11.5. The van der Waals surface area contributed by atoms with Crippen LogP contribution >= 0.6 is 0 Å². The van der Waals surface area contributed by atoms with Crippen molar-refractivity contribution in [3.8, 4) is 17.1 Å². The number of furan rings is 1. The van der Waals surface area contributed by atoms with Gasteiger partial charge in [-0.2, -0.15) is 4.98 Å². The van der Waals surface area contributed by atoms with Crippen molar-refractivity contribution in [3.05, 3.63) is 84.4 Å². The Labute approximate surface area is 205 Å². The van der Waals surface area contributed by atoms with Gasteiger partial charge in [0.05, 0.1) is 12.2 Å². The van der Waals surface area contributed by atoms with E-state index in [2.05, 4.69) is 15.5 Å². The molecule has 0 saturated carbocycles. The summed E-state index contributed by atoms with van der Waals surface area (Å²) in [5, 5.41) is 6.70. The maximum absolute atomic E-state index is 13.5. The lowest BCUT2D eigenvalue weighted by molar-refractivity contribution is -0.134. The molecule has 2 amide bonds. The van der Waals surface area contributed by atoms with Gasteiger partial charge < -0.3 is 23.9 Å². The topological polar surface area (TPSA) is 111 Å². The Bertz CT molecular complexity index is 1350. The number of aromatic nitrogens is 2. The summed E-state index contributed by atoms with van der Waals surface area (Å²) in [5.74, 6) is 0.342. The molecule has 184 valence electrons. The van der Waals surface area contributed by atoms with Crippen LogP contribution in [0.15, 0.2) is 75.9 Å². The number of nitrogens with zero attached hydrogens (tertiary/aromatic N) is 3. The van der Waals surface area contributed by atoms with Crippen molar-refractivity contribution in [2.24, 2.45) is 0 Å². The van der Waals surface area contributed by atoms with E-state index in [0.29, 0.717) is 41.8 Å². The summed E-state index contributed by atoms with van der Waals surface area (Å²) < 4.78 is 29.7. The molecular formula is C26H23FN4O5. The number of ether oxygens (including phenoxy) is 1. The van der Waals surface area contributed by atoms with E-state index in [1.54, 1.807) is 53.4 Å². The summed E-state index contributed by atoms with van der Waals surface area (Å²) in [6.07, 6.45) is 3.00. The van der Waals surface area contributed by atoms with Gasteiger partial charge in [-0.3, -0.25) is 9.59 Å². The number of anilines is 1. The van der Waals surface area contributed by atoms with Crippen molar-refractivity contribution in [2.45, 2.75) is 18.8 Å². The lowest BCUT2D eigenvalue weighted by Crippen LogP contribution is -2.41. The van der Waals surface area contributed by atoms with Crippen molar-refractivity contribution >= 4 is 17.5 Å². The third-order valence-corrected chi connectivity index (χ3v) is 5.85. The summed E-state index contributed by atoms with van der Waals surface area (Å²) in [6.45, 7) is 0.871. The van der Waals surface area contributed by atoms with Gasteiger partial charge in [0, 0.05) is 30.4 Å². The number of halogens is 1. The third-order valence-electron chi connectivity index (χ3n) is 5.85. The molecule has 9 nitrogen and oxygen atoms in total. The normalized spacial score (nSPS) is 15.5. The first kappa shape index (κ1) is 23.3. The van der Waals surface area contributed by atoms with E-state index in [4.69, 9.17) is 13.7 Å². The minimum Gasteiger partial charge on any atom is -0.484 e. The van der Waals surface area contributed by atoms with Gasteiger partial charge in [-0.05, 0) is 49.2 Å². The summed E-state index contributed by atoms with van der Waals surface area (Å²) in [4.78, 5) is 31.1. The van der Waals surface area contributed by atoms with Crippen LogP contribution in [0.4, 0.5) is 10.1 Å². The van der Waals surface area contributed by atoms with Crippen LogP contribution in [0.3, 0.4) is 0 Å². The predicted molar refractivity (Wildman–Crippen MR) is 127 cm³/mol. The van der Waals surface area contributed by atoms with Gasteiger partial charge in [0.25, 0.3) is 11.8 Å². The summed E-state index contributed by atoms with van der Waals surface area (Å²) in [5.41, 5.74) is 1.05. The molecule has 2 aromatic heterocycles. The quantitative estimate of drug-likeness (QED) is 0.406. The highest BCUT2D eigenvalue weighted by Crippen LogP contribution is 2.28. The molecule has 1 unspecified atom stereocenters. The van der Waals surface area contributed by atoms with Crippen LogP contribution in [-0.4, -0.2) is 46.6 Å². The molecule has 0 aliphatic carbocycles. The zero-order valence-corrected chi connectivity index (χ0v) is 19.2. The van der Waals surface area contributed by atoms with Crippen LogP contribution < -0.4 is 10.1 Å². The Morgan fingerprint density at radius 1 is 1.14 bits per heavy atom. The fraction of sp³-hybridized carbons (Fsp3) is 0.231. The standard InChI is InChI=1S/C26H23FN4O5/c27-19-7-1-5-17(13-19)24-29-26(36-30-24)18-6-3-11-31(15-18)23(32)16-35-21-9-2-8-20(14-21)28-25(33)22-10-4-12-34-22/h1-2,4-5,7-10,12-14,18H,3,6,11,15-16H2,(H,28,33). The molecule has 1 aliphatic heterocycles. The summed E-state index contributed by atoms with van der Waals surface area (Å²) in [7, 11) is 0. The minimum atomic E-state index is -0.380. The molecule has 2 aromatic carbocycles. The number of hydrogen-bond acceptors (Lipinski definition) is 7. The van der Waals surface area contributed by atoms with Crippen molar-refractivity contribution in [1.82, 2.24) is 15.0 Å². The Morgan fingerprint density at radius 2 is 2.03 bits per heavy atom. The Kier molecular flexibility index (Phi) is 6.74. The first-order chi connectivity index (χ1) is 17.5. The number of piperidine rings is 1. The Morgan fingerprint density at radius 3 is 2.86 bits per heavy atom. The maximum Gasteiger partial charge on any atom is 0.291 e. The average Bonchev–Trinajstić information content (AvgIpc) is 3.61. The molecule has 0 spiro atoms. The number of likely N-dealkylation sites (tertiary alicyclic amines) is 1. The molecule has 1 aliphatic rings. The summed E-state index contributed by atoms with van der Waals surface area (Å²) in [6, 6.07) is 16.0. The minimum absolute atomic E-state index is 0.113. The zero-order valence-electron chi connectivity index (χ0n) is 19.2. The van der Waals surface area contributed by atoms with E-state index in [1.165, 1.54) is 18.4 Å². The molecule has 10 heteroatoms. The number of benzene rings is 2. The van der Waals surface area contributed by atoms with Gasteiger partial charge in [-0.25, -0.2) is 4.39 Å². The second-order valence-corrected chi connectivity index (χ2v) is 8.39. The zero-order chi connectivity index (χ0) is 24.9. The van der Waals surface area contributed by atoms with Crippen molar-refractivity contribution in [2.75, 3.05) is 25.0 Å². The fourth-order valence-electron chi connectivity index (χ4n) is 4.05. The molecule has 0 radical (unpaired) electrons. The number of rotatable bonds is 7. The largest absolute Gasteiger partial charge is 0.484 e. The van der Waals surface area contributed by atoms with Gasteiger partial charge >= 0.3 is 0 Å². The molecule has 5 rings (SSSR count). The third kappa shape index (κ3) is 5.43. The molecular weight excluding hydrogens is 467 g/mol. The Balaban J connectivity index is 1.17. The highest BCUT2D eigenvalue weighted by molar-refractivity contribution is 6.02. The first-order valence-corrected chi connectivity index (χ1v) is 11.5.